The third-order valence-corrected chi connectivity index (χ3v) is 6.54. The van der Waals surface area contributed by atoms with Gasteiger partial charge in [0.25, 0.3) is 0 Å². The molecule has 0 radical (unpaired) electrons. The van der Waals surface area contributed by atoms with E-state index in [0.29, 0.717) is 12.2 Å². The first-order valence-electron chi connectivity index (χ1n) is 12.4. The number of hydrogen-bond acceptors (Lipinski definition) is 3. The Bertz CT molecular complexity index is 1100. The summed E-state index contributed by atoms with van der Waals surface area (Å²) in [6, 6.07) is 15.2. The van der Waals surface area contributed by atoms with Crippen LogP contribution in [0, 0.1) is 0 Å². The summed E-state index contributed by atoms with van der Waals surface area (Å²) in [7, 11) is 0. The van der Waals surface area contributed by atoms with Crippen molar-refractivity contribution in [2.24, 2.45) is 0 Å². The van der Waals surface area contributed by atoms with E-state index in [1.54, 1.807) is 16.1 Å². The molecule has 0 bridgehead atoms. The molecule has 6 heteroatoms. The summed E-state index contributed by atoms with van der Waals surface area (Å²) in [6.07, 6.45) is 9.57. The Morgan fingerprint density at radius 3 is 2.44 bits per heavy atom. The molecular formula is C28H35N3O3. The first-order valence-corrected chi connectivity index (χ1v) is 12.4. The zero-order valence-electron chi connectivity index (χ0n) is 20.4. The first-order chi connectivity index (χ1) is 16.5. The van der Waals surface area contributed by atoms with E-state index in [1.165, 1.54) is 12.8 Å². The number of carbonyl (C=O) groups excluding carboxylic acids is 2. The maximum Gasteiger partial charge on any atom is 0.247 e. The van der Waals surface area contributed by atoms with Gasteiger partial charge in [-0.2, -0.15) is 0 Å². The normalized spacial score (nSPS) is 14.7. The lowest BCUT2D eigenvalue weighted by atomic mass is 10.0. The van der Waals surface area contributed by atoms with E-state index in [4.69, 9.17) is 4.42 Å². The molecule has 2 amide bonds. The lowest BCUT2D eigenvalue weighted by Gasteiger charge is -2.38. The quantitative estimate of drug-likeness (QED) is 0.343. The van der Waals surface area contributed by atoms with Crippen molar-refractivity contribution >= 4 is 17.5 Å². The van der Waals surface area contributed by atoms with Gasteiger partial charge in [0.2, 0.25) is 11.8 Å². The predicted molar refractivity (Wildman–Crippen MR) is 134 cm³/mol. The van der Waals surface area contributed by atoms with E-state index < -0.39 is 6.04 Å². The number of anilines is 1. The van der Waals surface area contributed by atoms with E-state index in [1.807, 2.05) is 68.6 Å². The molecule has 3 heterocycles. The number of para-hydroxylation sites is 2. The van der Waals surface area contributed by atoms with Gasteiger partial charge in [0.15, 0.2) is 0 Å². The van der Waals surface area contributed by atoms with Crippen molar-refractivity contribution in [2.75, 3.05) is 11.4 Å². The molecule has 0 fully saturated rings. The fourth-order valence-electron chi connectivity index (χ4n) is 4.78. The monoisotopic (exact) mass is 461 g/mol. The molecule has 4 rings (SSSR count). The Balaban J connectivity index is 1.60. The molecule has 0 aliphatic carbocycles. The zero-order valence-corrected chi connectivity index (χ0v) is 20.4. The van der Waals surface area contributed by atoms with Crippen molar-refractivity contribution in [3.05, 3.63) is 72.4 Å². The van der Waals surface area contributed by atoms with Crippen LogP contribution < -0.4 is 4.90 Å². The molecule has 1 aliphatic heterocycles. The molecule has 0 unspecified atom stereocenters. The molecule has 0 N–H and O–H groups in total. The van der Waals surface area contributed by atoms with Crippen LogP contribution in [-0.4, -0.2) is 33.9 Å². The lowest BCUT2D eigenvalue weighted by molar-refractivity contribution is -0.137. The van der Waals surface area contributed by atoms with Gasteiger partial charge in [-0.05, 0) is 56.7 Å². The third-order valence-electron chi connectivity index (χ3n) is 6.54. The number of aromatic nitrogens is 1. The standard InChI is InChI=1S/C28H35N3O3/c1-4-5-6-7-8-17-26(32)30(21(2)3)20-27(33)31-23-14-10-9-13-22(23)29-18-11-15-24(29)28(31)25-16-12-19-34-25/h9-16,18-19,21,28H,4-8,17,20H2,1-3H3/t28-/m0/s1. The minimum absolute atomic E-state index is 0.0394. The van der Waals surface area contributed by atoms with Crippen molar-refractivity contribution in [1.29, 1.82) is 0 Å². The zero-order chi connectivity index (χ0) is 24.1. The van der Waals surface area contributed by atoms with Gasteiger partial charge in [-0.25, -0.2) is 0 Å². The van der Waals surface area contributed by atoms with E-state index in [2.05, 4.69) is 11.5 Å². The number of rotatable bonds is 10. The minimum atomic E-state index is -0.398. The summed E-state index contributed by atoms with van der Waals surface area (Å²) in [6.45, 7) is 6.17. The molecule has 1 atom stereocenters. The summed E-state index contributed by atoms with van der Waals surface area (Å²) in [5.74, 6) is 0.624. The van der Waals surface area contributed by atoms with Crippen LogP contribution in [0.4, 0.5) is 5.69 Å². The van der Waals surface area contributed by atoms with E-state index >= 15 is 0 Å². The van der Waals surface area contributed by atoms with Gasteiger partial charge in [0, 0.05) is 18.7 Å². The van der Waals surface area contributed by atoms with Crippen LogP contribution in [-0.2, 0) is 9.59 Å². The first kappa shape index (κ1) is 23.9. The number of fused-ring (bicyclic) bond motifs is 3. The fourth-order valence-corrected chi connectivity index (χ4v) is 4.78. The van der Waals surface area contributed by atoms with Crippen LogP contribution in [0.5, 0.6) is 0 Å². The van der Waals surface area contributed by atoms with Gasteiger partial charge in [-0.1, -0.05) is 44.7 Å². The molecule has 34 heavy (non-hydrogen) atoms. The van der Waals surface area contributed by atoms with Crippen LogP contribution in [0.15, 0.2) is 65.4 Å². The second kappa shape index (κ2) is 10.8. The van der Waals surface area contributed by atoms with Gasteiger partial charge in [0.05, 0.1) is 23.3 Å². The van der Waals surface area contributed by atoms with Gasteiger partial charge in [-0.3, -0.25) is 14.5 Å². The topological polar surface area (TPSA) is 58.7 Å². The number of nitrogens with zero attached hydrogens (tertiary/aromatic N) is 3. The SMILES string of the molecule is CCCCCCCC(=O)N(CC(=O)N1c2ccccc2-n2cccc2[C@H]1c1ccco1)C(C)C. The van der Waals surface area contributed by atoms with Crippen LogP contribution in [0.2, 0.25) is 0 Å². The number of furan rings is 1. The highest BCUT2D eigenvalue weighted by molar-refractivity contribution is 6.00. The van der Waals surface area contributed by atoms with Crippen molar-refractivity contribution in [1.82, 2.24) is 9.47 Å². The average Bonchev–Trinajstić information content (AvgIpc) is 3.53. The number of unbranched alkanes of at least 4 members (excludes halogenated alkanes) is 4. The minimum Gasteiger partial charge on any atom is -0.467 e. The summed E-state index contributed by atoms with van der Waals surface area (Å²) < 4.78 is 7.90. The highest BCUT2D eigenvalue weighted by atomic mass is 16.3. The number of carbonyl (C=O) groups is 2. The number of amides is 2. The number of hydrogen-bond donors (Lipinski definition) is 0. The fraction of sp³-hybridized carbons (Fsp3) is 0.429. The van der Waals surface area contributed by atoms with Crippen molar-refractivity contribution < 1.29 is 14.0 Å². The van der Waals surface area contributed by atoms with Crippen molar-refractivity contribution in [3.8, 4) is 5.69 Å². The largest absolute Gasteiger partial charge is 0.467 e. The Labute approximate surface area is 202 Å². The highest BCUT2D eigenvalue weighted by Gasteiger charge is 2.38. The molecule has 0 spiro atoms. The molecule has 6 nitrogen and oxygen atoms in total. The molecule has 3 aromatic rings. The van der Waals surface area contributed by atoms with Gasteiger partial charge >= 0.3 is 0 Å². The van der Waals surface area contributed by atoms with Crippen LogP contribution in [0.1, 0.15) is 76.8 Å². The molecule has 1 aromatic carbocycles. The van der Waals surface area contributed by atoms with Gasteiger partial charge in [0.1, 0.15) is 18.3 Å². The smallest absolute Gasteiger partial charge is 0.247 e. The Morgan fingerprint density at radius 1 is 0.971 bits per heavy atom. The summed E-state index contributed by atoms with van der Waals surface area (Å²) in [4.78, 5) is 30.5. The van der Waals surface area contributed by atoms with E-state index in [9.17, 15) is 9.59 Å². The maximum atomic E-state index is 13.9. The predicted octanol–water partition coefficient (Wildman–Crippen LogP) is 6.10. The van der Waals surface area contributed by atoms with Gasteiger partial charge < -0.3 is 13.9 Å². The van der Waals surface area contributed by atoms with Crippen LogP contribution >= 0.6 is 0 Å². The molecule has 0 saturated heterocycles. The third kappa shape index (κ3) is 4.81. The van der Waals surface area contributed by atoms with Crippen molar-refractivity contribution in [3.63, 3.8) is 0 Å². The molecular weight excluding hydrogens is 426 g/mol. The van der Waals surface area contributed by atoms with Crippen LogP contribution in [0.3, 0.4) is 0 Å². The van der Waals surface area contributed by atoms with Gasteiger partial charge in [-0.15, -0.1) is 0 Å². The summed E-state index contributed by atoms with van der Waals surface area (Å²) >= 11 is 0. The van der Waals surface area contributed by atoms with E-state index in [0.717, 1.165) is 36.3 Å². The second-order valence-corrected chi connectivity index (χ2v) is 9.25. The summed E-state index contributed by atoms with van der Waals surface area (Å²) in [5.41, 5.74) is 2.71. The van der Waals surface area contributed by atoms with Crippen molar-refractivity contribution in [2.45, 2.75) is 71.4 Å². The average molecular weight is 462 g/mol. The molecule has 180 valence electrons. The summed E-state index contributed by atoms with van der Waals surface area (Å²) in [5, 5.41) is 0. The van der Waals surface area contributed by atoms with E-state index in [-0.39, 0.29) is 24.4 Å². The molecule has 0 saturated carbocycles. The highest BCUT2D eigenvalue weighted by Crippen LogP contribution is 2.42. The molecule has 2 aromatic heterocycles. The second-order valence-electron chi connectivity index (χ2n) is 9.25. The number of benzene rings is 1. The Kier molecular flexibility index (Phi) is 7.56. The maximum absolute atomic E-state index is 13.9. The Morgan fingerprint density at radius 2 is 1.74 bits per heavy atom. The van der Waals surface area contributed by atoms with Crippen LogP contribution in [0.25, 0.3) is 5.69 Å². The Hall–Kier alpha value is -3.28. The lowest BCUT2D eigenvalue weighted by Crippen LogP contribution is -2.48. The molecule has 1 aliphatic rings.